The minimum atomic E-state index is -4.87. The number of carbonyl (C=O) groups excluding carboxylic acids is 1. The zero-order chi connectivity index (χ0) is 30.9. The maximum Gasteiger partial charge on any atom is 0.425 e. The Balaban J connectivity index is 1.64. The molecule has 1 aliphatic heterocycles. The fraction of sp³-hybridized carbons (Fsp3) is 0.423. The SMILES string of the molecule is CC(C)(C)OC(=O)NC1=N[C@](C)(c2cc(-c3cc(-c4ncc(OCC(F)F)cn4)no3)ccc2F)C[C@@H](C(F)(F)F)O1. The average Bonchev–Trinajstić information content (AvgIpc) is 3.36. The van der Waals surface area contributed by atoms with E-state index in [4.69, 9.17) is 18.7 Å². The molecule has 0 spiro atoms. The number of halogens is 6. The van der Waals surface area contributed by atoms with Crippen LogP contribution < -0.4 is 10.1 Å². The van der Waals surface area contributed by atoms with Crippen molar-refractivity contribution in [2.75, 3.05) is 6.61 Å². The molecule has 0 radical (unpaired) electrons. The number of hydrogen-bond acceptors (Lipinski definition) is 9. The molecule has 1 aromatic carbocycles. The molecule has 0 saturated heterocycles. The summed E-state index contributed by atoms with van der Waals surface area (Å²) in [7, 11) is 0. The molecule has 2 aromatic heterocycles. The molecule has 42 heavy (non-hydrogen) atoms. The van der Waals surface area contributed by atoms with Gasteiger partial charge in [0.25, 0.3) is 12.4 Å². The lowest BCUT2D eigenvalue weighted by Crippen LogP contribution is -2.49. The van der Waals surface area contributed by atoms with Gasteiger partial charge in [0.2, 0.25) is 0 Å². The lowest BCUT2D eigenvalue weighted by molar-refractivity contribution is -0.208. The summed E-state index contributed by atoms with van der Waals surface area (Å²) in [5.74, 6) is -0.712. The molecule has 0 bridgehead atoms. The highest BCUT2D eigenvalue weighted by Gasteiger charge is 2.50. The third-order valence-corrected chi connectivity index (χ3v) is 5.73. The van der Waals surface area contributed by atoms with Crippen LogP contribution >= 0.6 is 0 Å². The van der Waals surface area contributed by atoms with Crippen LogP contribution in [-0.4, -0.2) is 58.2 Å². The Kier molecular flexibility index (Phi) is 8.36. The van der Waals surface area contributed by atoms with Crippen molar-refractivity contribution in [2.45, 2.75) is 64.0 Å². The molecule has 0 aliphatic carbocycles. The molecule has 1 amide bonds. The van der Waals surface area contributed by atoms with Gasteiger partial charge in [-0.3, -0.25) is 0 Å². The van der Waals surface area contributed by atoms with Gasteiger partial charge < -0.3 is 18.7 Å². The Morgan fingerprint density at radius 2 is 1.86 bits per heavy atom. The molecule has 3 aromatic rings. The van der Waals surface area contributed by atoms with E-state index in [1.54, 1.807) is 20.8 Å². The fourth-order valence-corrected chi connectivity index (χ4v) is 3.92. The lowest BCUT2D eigenvalue weighted by atomic mass is 9.84. The number of carbonyl (C=O) groups is 1. The molecule has 0 saturated carbocycles. The molecule has 1 N–H and O–H groups in total. The average molecular weight is 602 g/mol. The maximum atomic E-state index is 15.1. The Morgan fingerprint density at radius 3 is 2.48 bits per heavy atom. The van der Waals surface area contributed by atoms with Crippen LogP contribution in [0.1, 0.15) is 39.7 Å². The van der Waals surface area contributed by atoms with Crippen LogP contribution in [0.25, 0.3) is 22.8 Å². The summed E-state index contributed by atoms with van der Waals surface area (Å²) in [4.78, 5) is 24.3. The molecule has 10 nitrogen and oxygen atoms in total. The van der Waals surface area contributed by atoms with E-state index in [2.05, 4.69) is 25.4 Å². The van der Waals surface area contributed by atoms with Crippen LogP contribution in [0.15, 0.2) is 46.2 Å². The van der Waals surface area contributed by atoms with Crippen molar-refractivity contribution in [3.8, 4) is 28.6 Å². The van der Waals surface area contributed by atoms with Crippen LogP contribution in [0.4, 0.5) is 31.1 Å². The van der Waals surface area contributed by atoms with Crippen LogP contribution in [0, 0.1) is 5.82 Å². The summed E-state index contributed by atoms with van der Waals surface area (Å²) in [5.41, 5.74) is -2.68. The number of alkyl halides is 5. The normalized spacial score (nSPS) is 19.2. The van der Waals surface area contributed by atoms with Gasteiger partial charge in [0, 0.05) is 23.6 Å². The molecule has 16 heteroatoms. The molecule has 2 atom stereocenters. The first kappa shape index (κ1) is 30.6. The van der Waals surface area contributed by atoms with Crippen LogP contribution in [-0.2, 0) is 15.0 Å². The van der Waals surface area contributed by atoms with E-state index in [9.17, 15) is 26.7 Å². The summed E-state index contributed by atoms with van der Waals surface area (Å²) in [6.07, 6.45) is -9.54. The number of aromatic nitrogens is 3. The van der Waals surface area contributed by atoms with Crippen LogP contribution in [0.3, 0.4) is 0 Å². The minimum Gasteiger partial charge on any atom is -0.484 e. The van der Waals surface area contributed by atoms with Crippen molar-refractivity contribution < 1.29 is 49.9 Å². The number of rotatable bonds is 6. The van der Waals surface area contributed by atoms with Crippen molar-refractivity contribution in [1.29, 1.82) is 0 Å². The highest BCUT2D eigenvalue weighted by atomic mass is 19.4. The van der Waals surface area contributed by atoms with Gasteiger partial charge in [-0.05, 0) is 45.9 Å². The van der Waals surface area contributed by atoms with Gasteiger partial charge in [-0.2, -0.15) is 13.2 Å². The second-order valence-electron chi connectivity index (χ2n) is 10.4. The van der Waals surface area contributed by atoms with E-state index in [0.29, 0.717) is 0 Å². The van der Waals surface area contributed by atoms with Gasteiger partial charge in [-0.1, -0.05) is 5.16 Å². The monoisotopic (exact) mass is 601 g/mol. The molecule has 4 rings (SSSR count). The number of alkyl carbamates (subject to hydrolysis) is 1. The van der Waals surface area contributed by atoms with Gasteiger partial charge in [0.05, 0.1) is 17.9 Å². The van der Waals surface area contributed by atoms with Crippen molar-refractivity contribution in [3.05, 3.63) is 48.0 Å². The predicted molar refractivity (Wildman–Crippen MR) is 134 cm³/mol. The summed E-state index contributed by atoms with van der Waals surface area (Å²) in [6, 6.07) is 4.20. The fourth-order valence-electron chi connectivity index (χ4n) is 3.92. The molecular formula is C26H25F6N5O5. The minimum absolute atomic E-state index is 0.00823. The third kappa shape index (κ3) is 7.47. The number of nitrogens with one attached hydrogen (secondary N) is 1. The van der Waals surface area contributed by atoms with E-state index >= 15 is 4.39 Å². The Labute approximate surface area is 235 Å². The van der Waals surface area contributed by atoms with E-state index < -0.39 is 60.8 Å². The molecule has 0 unspecified atom stereocenters. The highest BCUT2D eigenvalue weighted by molar-refractivity contribution is 5.91. The standard InChI is InChI=1S/C26H25F6N5O5/c1-24(2,3)41-23(38)35-22-36-25(4,9-19(40-22)26(30,31)32)15-7-13(5-6-16(15)27)18-8-17(37-42-18)21-33-10-14(11-34-21)39-12-20(28)29/h5-8,10-11,19-20H,9,12H2,1-4H3,(H,35,36,38)/t19-,25-/m0/s1. The van der Waals surface area contributed by atoms with E-state index in [1.165, 1.54) is 37.5 Å². The van der Waals surface area contributed by atoms with Crippen LogP contribution in [0.5, 0.6) is 5.75 Å². The van der Waals surface area contributed by atoms with E-state index in [0.717, 1.165) is 6.07 Å². The summed E-state index contributed by atoms with van der Waals surface area (Å²) in [6.45, 7) is 5.11. The van der Waals surface area contributed by atoms with E-state index in [-0.39, 0.29) is 34.2 Å². The first-order valence-electron chi connectivity index (χ1n) is 12.4. The third-order valence-electron chi connectivity index (χ3n) is 5.73. The van der Waals surface area contributed by atoms with Crippen molar-refractivity contribution >= 4 is 12.1 Å². The summed E-state index contributed by atoms with van der Waals surface area (Å²) < 4.78 is 101. The molecule has 1 aliphatic rings. The second kappa shape index (κ2) is 11.5. The van der Waals surface area contributed by atoms with E-state index in [1.807, 2.05) is 0 Å². The van der Waals surface area contributed by atoms with Gasteiger partial charge >= 0.3 is 12.3 Å². The number of ether oxygens (including phenoxy) is 3. The van der Waals surface area contributed by atoms with Gasteiger partial charge in [0.1, 0.15) is 18.0 Å². The number of benzene rings is 1. The number of amides is 1. The zero-order valence-electron chi connectivity index (χ0n) is 22.6. The van der Waals surface area contributed by atoms with Gasteiger partial charge in [-0.25, -0.2) is 38.2 Å². The van der Waals surface area contributed by atoms with Crippen LogP contribution in [0.2, 0.25) is 0 Å². The lowest BCUT2D eigenvalue weighted by Gasteiger charge is -2.37. The quantitative estimate of drug-likeness (QED) is 0.340. The van der Waals surface area contributed by atoms with Crippen molar-refractivity contribution in [3.63, 3.8) is 0 Å². The first-order chi connectivity index (χ1) is 19.5. The van der Waals surface area contributed by atoms with Crippen molar-refractivity contribution in [2.24, 2.45) is 4.99 Å². The largest absolute Gasteiger partial charge is 0.484 e. The predicted octanol–water partition coefficient (Wildman–Crippen LogP) is 6.03. The van der Waals surface area contributed by atoms with Crippen molar-refractivity contribution in [1.82, 2.24) is 20.4 Å². The molecule has 0 fully saturated rings. The topological polar surface area (TPSA) is 121 Å². The Hall–Kier alpha value is -4.37. The Morgan fingerprint density at radius 1 is 1.17 bits per heavy atom. The summed E-state index contributed by atoms with van der Waals surface area (Å²) >= 11 is 0. The molecule has 226 valence electrons. The number of aliphatic imine (C=N–C) groups is 1. The molecular weight excluding hydrogens is 576 g/mol. The molecule has 3 heterocycles. The Bertz CT molecular complexity index is 1450. The second-order valence-corrected chi connectivity index (χ2v) is 10.4. The number of amidine groups is 1. The smallest absolute Gasteiger partial charge is 0.425 e. The number of hydrogen-bond donors (Lipinski definition) is 1. The first-order valence-corrected chi connectivity index (χ1v) is 12.4. The summed E-state index contributed by atoms with van der Waals surface area (Å²) in [5, 5.41) is 5.92. The van der Waals surface area contributed by atoms with Gasteiger partial charge in [-0.15, -0.1) is 0 Å². The van der Waals surface area contributed by atoms with Gasteiger partial charge in [0.15, 0.2) is 29.1 Å². The number of nitrogens with zero attached hydrogens (tertiary/aromatic N) is 4. The maximum absolute atomic E-state index is 15.1. The highest BCUT2D eigenvalue weighted by Crippen LogP contribution is 2.42. The zero-order valence-corrected chi connectivity index (χ0v) is 22.6.